The Hall–Kier alpha value is -2.37. The Morgan fingerprint density at radius 2 is 1.60 bits per heavy atom. The van der Waals surface area contributed by atoms with Crippen LogP contribution in [0.4, 0.5) is 0 Å². The Labute approximate surface area is 148 Å². The molecule has 0 bridgehead atoms. The predicted octanol–water partition coefficient (Wildman–Crippen LogP) is 2.01. The fourth-order valence-electron chi connectivity index (χ4n) is 3.15. The molecule has 0 N–H and O–H groups in total. The molecular formula is C19H26N2O4. The fraction of sp³-hybridized carbons (Fsp3) is 0.526. The van der Waals surface area contributed by atoms with Crippen LogP contribution in [-0.4, -0.2) is 53.3 Å². The van der Waals surface area contributed by atoms with Crippen molar-refractivity contribution in [1.29, 1.82) is 0 Å². The number of esters is 1. The smallest absolute Gasteiger partial charge is 0.329 e. The van der Waals surface area contributed by atoms with E-state index >= 15 is 0 Å². The lowest BCUT2D eigenvalue weighted by molar-refractivity contribution is -0.164. The van der Waals surface area contributed by atoms with Gasteiger partial charge in [-0.15, -0.1) is 0 Å². The van der Waals surface area contributed by atoms with Gasteiger partial charge in [-0.2, -0.15) is 0 Å². The third kappa shape index (κ3) is 4.18. The number of nitrogens with zero attached hydrogens (tertiary/aromatic N) is 2. The van der Waals surface area contributed by atoms with Gasteiger partial charge in [0.15, 0.2) is 0 Å². The number of rotatable bonds is 6. The second kappa shape index (κ2) is 8.14. The summed E-state index contributed by atoms with van der Waals surface area (Å²) in [5, 5.41) is 0. The summed E-state index contributed by atoms with van der Waals surface area (Å²) in [6.07, 6.45) is 0. The predicted molar refractivity (Wildman–Crippen MR) is 93.5 cm³/mol. The molecule has 25 heavy (non-hydrogen) atoms. The zero-order valence-electron chi connectivity index (χ0n) is 15.3. The SMILES string of the molecule is CCOC(=O)[C@H](C(C)C)N1CC(=O)N([C@H](C)c2ccccc2)CC1=O. The maximum Gasteiger partial charge on any atom is 0.329 e. The van der Waals surface area contributed by atoms with Gasteiger partial charge in [-0.05, 0) is 25.3 Å². The molecule has 136 valence electrons. The number of benzene rings is 1. The van der Waals surface area contributed by atoms with Crippen molar-refractivity contribution in [1.82, 2.24) is 9.80 Å². The molecule has 0 spiro atoms. The minimum Gasteiger partial charge on any atom is -0.464 e. The highest BCUT2D eigenvalue weighted by molar-refractivity contribution is 5.95. The van der Waals surface area contributed by atoms with Crippen molar-refractivity contribution in [2.24, 2.45) is 5.92 Å². The lowest BCUT2D eigenvalue weighted by atomic mass is 10.00. The first kappa shape index (κ1) is 19.0. The summed E-state index contributed by atoms with van der Waals surface area (Å²) in [4.78, 5) is 40.5. The lowest BCUT2D eigenvalue weighted by Gasteiger charge is -2.41. The third-order valence-electron chi connectivity index (χ3n) is 4.50. The van der Waals surface area contributed by atoms with Crippen LogP contribution in [0.15, 0.2) is 30.3 Å². The Bertz CT molecular complexity index is 630. The van der Waals surface area contributed by atoms with E-state index in [-0.39, 0.29) is 43.5 Å². The van der Waals surface area contributed by atoms with Gasteiger partial charge in [0, 0.05) is 0 Å². The maximum absolute atomic E-state index is 12.7. The van der Waals surface area contributed by atoms with Gasteiger partial charge in [0.2, 0.25) is 11.8 Å². The molecule has 1 heterocycles. The normalized spacial score (nSPS) is 17.6. The zero-order chi connectivity index (χ0) is 18.6. The van der Waals surface area contributed by atoms with Crippen molar-refractivity contribution in [2.45, 2.75) is 39.8 Å². The average molecular weight is 346 g/mol. The van der Waals surface area contributed by atoms with Crippen LogP contribution in [0.1, 0.15) is 39.3 Å². The van der Waals surface area contributed by atoms with E-state index in [1.807, 2.05) is 51.1 Å². The topological polar surface area (TPSA) is 66.9 Å². The van der Waals surface area contributed by atoms with Crippen LogP contribution in [0, 0.1) is 5.92 Å². The van der Waals surface area contributed by atoms with E-state index in [0.29, 0.717) is 0 Å². The van der Waals surface area contributed by atoms with Gasteiger partial charge in [-0.3, -0.25) is 9.59 Å². The lowest BCUT2D eigenvalue weighted by Crippen LogP contribution is -2.60. The largest absolute Gasteiger partial charge is 0.464 e. The molecule has 1 aromatic rings. The molecule has 6 nitrogen and oxygen atoms in total. The average Bonchev–Trinajstić information content (AvgIpc) is 2.58. The minimum absolute atomic E-state index is 0.0302. The summed E-state index contributed by atoms with van der Waals surface area (Å²) < 4.78 is 5.09. The third-order valence-corrected chi connectivity index (χ3v) is 4.50. The number of carbonyl (C=O) groups excluding carboxylic acids is 3. The molecule has 0 aromatic heterocycles. The fourth-order valence-corrected chi connectivity index (χ4v) is 3.15. The highest BCUT2D eigenvalue weighted by Gasteiger charge is 2.40. The number of hydrogen-bond donors (Lipinski definition) is 0. The van der Waals surface area contributed by atoms with Crippen LogP contribution in [0.5, 0.6) is 0 Å². The summed E-state index contributed by atoms with van der Waals surface area (Å²) in [5.41, 5.74) is 0.975. The van der Waals surface area contributed by atoms with Gasteiger partial charge in [-0.1, -0.05) is 44.2 Å². The van der Waals surface area contributed by atoms with Crippen molar-refractivity contribution < 1.29 is 19.1 Å². The molecule has 2 atom stereocenters. The van der Waals surface area contributed by atoms with Gasteiger partial charge in [0.25, 0.3) is 0 Å². The summed E-state index contributed by atoms with van der Waals surface area (Å²) in [7, 11) is 0. The standard InChI is InChI=1S/C19H26N2O4/c1-5-25-19(24)18(13(2)3)21-12-16(22)20(11-17(21)23)14(4)15-9-7-6-8-10-15/h6-10,13-14,18H,5,11-12H2,1-4H3/t14-,18+/m1/s1. The second-order valence-corrected chi connectivity index (χ2v) is 6.57. The molecular weight excluding hydrogens is 320 g/mol. The molecule has 1 aromatic carbocycles. The van der Waals surface area contributed by atoms with E-state index in [2.05, 4.69) is 0 Å². The Kier molecular flexibility index (Phi) is 6.17. The van der Waals surface area contributed by atoms with Crippen molar-refractivity contribution in [3.05, 3.63) is 35.9 Å². The van der Waals surface area contributed by atoms with Crippen LogP contribution in [0.25, 0.3) is 0 Å². The van der Waals surface area contributed by atoms with E-state index in [4.69, 9.17) is 4.74 Å². The first-order valence-electron chi connectivity index (χ1n) is 8.67. The summed E-state index contributed by atoms with van der Waals surface area (Å²) in [6.45, 7) is 7.43. The molecule has 6 heteroatoms. The molecule has 0 aliphatic carbocycles. The Balaban J connectivity index is 2.17. The van der Waals surface area contributed by atoms with Gasteiger partial charge in [0.1, 0.15) is 19.1 Å². The van der Waals surface area contributed by atoms with Crippen molar-refractivity contribution in [2.75, 3.05) is 19.7 Å². The molecule has 1 aliphatic rings. The van der Waals surface area contributed by atoms with E-state index in [1.165, 1.54) is 4.90 Å². The van der Waals surface area contributed by atoms with Gasteiger partial charge < -0.3 is 14.5 Å². The van der Waals surface area contributed by atoms with Gasteiger partial charge in [-0.25, -0.2) is 4.79 Å². The first-order chi connectivity index (χ1) is 11.9. The van der Waals surface area contributed by atoms with Crippen molar-refractivity contribution in [3.8, 4) is 0 Å². The number of piperazine rings is 1. The summed E-state index contributed by atoms with van der Waals surface area (Å²) in [5.74, 6) is -0.975. The van der Waals surface area contributed by atoms with Crippen LogP contribution in [-0.2, 0) is 19.1 Å². The van der Waals surface area contributed by atoms with Crippen molar-refractivity contribution >= 4 is 17.8 Å². The molecule has 2 rings (SSSR count). The van der Waals surface area contributed by atoms with Crippen LogP contribution in [0.3, 0.4) is 0 Å². The number of amides is 2. The Morgan fingerprint density at radius 1 is 1.04 bits per heavy atom. The molecule has 1 saturated heterocycles. The molecule has 0 radical (unpaired) electrons. The summed E-state index contributed by atoms with van der Waals surface area (Å²) in [6, 6.07) is 8.67. The second-order valence-electron chi connectivity index (χ2n) is 6.57. The van der Waals surface area contributed by atoms with Crippen LogP contribution >= 0.6 is 0 Å². The molecule has 0 unspecified atom stereocenters. The number of ether oxygens (including phenoxy) is 1. The zero-order valence-corrected chi connectivity index (χ0v) is 15.3. The monoisotopic (exact) mass is 346 g/mol. The first-order valence-corrected chi connectivity index (χ1v) is 8.67. The Morgan fingerprint density at radius 3 is 2.16 bits per heavy atom. The number of hydrogen-bond acceptors (Lipinski definition) is 4. The maximum atomic E-state index is 12.7. The van der Waals surface area contributed by atoms with E-state index < -0.39 is 12.0 Å². The van der Waals surface area contributed by atoms with Crippen LogP contribution < -0.4 is 0 Å². The van der Waals surface area contributed by atoms with E-state index in [0.717, 1.165) is 5.56 Å². The molecule has 2 amide bonds. The van der Waals surface area contributed by atoms with Crippen LogP contribution in [0.2, 0.25) is 0 Å². The minimum atomic E-state index is -0.731. The van der Waals surface area contributed by atoms with Gasteiger partial charge >= 0.3 is 5.97 Å². The highest BCUT2D eigenvalue weighted by Crippen LogP contribution is 2.24. The van der Waals surface area contributed by atoms with Gasteiger partial charge in [0.05, 0.1) is 12.6 Å². The van der Waals surface area contributed by atoms with E-state index in [1.54, 1.807) is 11.8 Å². The molecule has 1 aliphatic heterocycles. The number of carbonyl (C=O) groups is 3. The molecule has 1 fully saturated rings. The van der Waals surface area contributed by atoms with E-state index in [9.17, 15) is 14.4 Å². The quantitative estimate of drug-likeness (QED) is 0.739. The van der Waals surface area contributed by atoms with Crippen molar-refractivity contribution in [3.63, 3.8) is 0 Å². The summed E-state index contributed by atoms with van der Waals surface area (Å²) >= 11 is 0. The molecule has 0 saturated carbocycles. The highest BCUT2D eigenvalue weighted by atomic mass is 16.5.